The Bertz CT molecular complexity index is 1020. The summed E-state index contributed by atoms with van der Waals surface area (Å²) in [5, 5.41) is 23.1. The largest absolute Gasteiger partial charge is 0.320 e. The zero-order chi connectivity index (χ0) is 19.9. The summed E-state index contributed by atoms with van der Waals surface area (Å²) in [7, 11) is 0. The molecule has 0 saturated heterocycles. The maximum atomic E-state index is 12.4. The Labute approximate surface area is 160 Å². The van der Waals surface area contributed by atoms with Crippen molar-refractivity contribution in [2.24, 2.45) is 0 Å². The maximum absolute atomic E-state index is 12.4. The van der Waals surface area contributed by atoms with E-state index in [1.165, 1.54) is 12.4 Å². The summed E-state index contributed by atoms with van der Waals surface area (Å²) in [5.41, 5.74) is 2.36. The van der Waals surface area contributed by atoms with Crippen molar-refractivity contribution in [2.45, 2.75) is 0 Å². The molecule has 0 saturated carbocycles. The number of aromatic nitrogens is 1. The molecule has 0 unspecified atom stereocenters. The van der Waals surface area contributed by atoms with E-state index in [0.717, 1.165) is 0 Å². The van der Waals surface area contributed by atoms with Gasteiger partial charge in [-0.15, -0.1) is 0 Å². The first kappa shape index (κ1) is 18.3. The van der Waals surface area contributed by atoms with Crippen LogP contribution < -0.4 is 10.6 Å². The standard InChI is InChI=1S/C21H13N5O2/c22-11-14-1-5-16(6-2-14)20(27)25-18-9-10-24-13-19(18)26-21(28)17-7-3-15(12-23)4-8-17/h1-10,13H,(H,26,28)(H,24,25,27). The van der Waals surface area contributed by atoms with Crippen molar-refractivity contribution in [3.8, 4) is 12.1 Å². The van der Waals surface area contributed by atoms with E-state index >= 15 is 0 Å². The second-order valence-corrected chi connectivity index (χ2v) is 5.71. The number of benzene rings is 2. The van der Waals surface area contributed by atoms with Crippen molar-refractivity contribution in [1.82, 2.24) is 4.98 Å². The van der Waals surface area contributed by atoms with Gasteiger partial charge in [0.25, 0.3) is 11.8 Å². The molecule has 28 heavy (non-hydrogen) atoms. The fraction of sp³-hybridized carbons (Fsp3) is 0. The monoisotopic (exact) mass is 367 g/mol. The molecule has 3 rings (SSSR count). The third-order valence-electron chi connectivity index (χ3n) is 3.87. The molecule has 2 aromatic carbocycles. The zero-order valence-corrected chi connectivity index (χ0v) is 14.5. The van der Waals surface area contributed by atoms with Gasteiger partial charge in [-0.3, -0.25) is 14.6 Å². The first-order valence-corrected chi connectivity index (χ1v) is 8.18. The van der Waals surface area contributed by atoms with Crippen LogP contribution >= 0.6 is 0 Å². The highest BCUT2D eigenvalue weighted by Crippen LogP contribution is 2.21. The predicted octanol–water partition coefficient (Wildman–Crippen LogP) is 3.33. The third kappa shape index (κ3) is 4.18. The molecule has 0 aliphatic carbocycles. The molecule has 2 N–H and O–H groups in total. The molecule has 7 heteroatoms. The number of amides is 2. The van der Waals surface area contributed by atoms with E-state index < -0.39 is 5.91 Å². The number of carbonyl (C=O) groups is 2. The minimum absolute atomic E-state index is 0.332. The van der Waals surface area contributed by atoms with Gasteiger partial charge in [0.1, 0.15) is 0 Å². The lowest BCUT2D eigenvalue weighted by molar-refractivity contribution is 0.101. The molecule has 1 aromatic heterocycles. The Balaban J connectivity index is 1.76. The predicted molar refractivity (Wildman–Crippen MR) is 102 cm³/mol. The van der Waals surface area contributed by atoms with Crippen LogP contribution in [0.5, 0.6) is 0 Å². The Morgan fingerprint density at radius 2 is 1.18 bits per heavy atom. The summed E-state index contributed by atoms with van der Waals surface area (Å²) in [4.78, 5) is 28.8. The molecule has 0 bridgehead atoms. The lowest BCUT2D eigenvalue weighted by Crippen LogP contribution is -2.17. The van der Waals surface area contributed by atoms with Gasteiger partial charge < -0.3 is 10.6 Å². The summed E-state index contributed by atoms with van der Waals surface area (Å²) in [6, 6.07) is 17.9. The molecule has 3 aromatic rings. The van der Waals surface area contributed by atoms with Gasteiger partial charge in [-0.1, -0.05) is 0 Å². The molecule has 7 nitrogen and oxygen atoms in total. The van der Waals surface area contributed by atoms with Gasteiger partial charge in [0, 0.05) is 17.3 Å². The van der Waals surface area contributed by atoms with Gasteiger partial charge in [-0.05, 0) is 54.6 Å². The van der Waals surface area contributed by atoms with E-state index in [9.17, 15) is 9.59 Å². The van der Waals surface area contributed by atoms with Gasteiger partial charge in [0.15, 0.2) is 0 Å². The molecule has 0 radical (unpaired) electrons. The van der Waals surface area contributed by atoms with E-state index in [-0.39, 0.29) is 5.91 Å². The second-order valence-electron chi connectivity index (χ2n) is 5.71. The van der Waals surface area contributed by atoms with E-state index in [2.05, 4.69) is 15.6 Å². The summed E-state index contributed by atoms with van der Waals surface area (Å²) in [5.74, 6) is -0.782. The highest BCUT2D eigenvalue weighted by atomic mass is 16.2. The number of hydrogen-bond donors (Lipinski definition) is 2. The quantitative estimate of drug-likeness (QED) is 0.733. The van der Waals surface area contributed by atoms with Crippen LogP contribution in [-0.2, 0) is 0 Å². The summed E-state index contributed by atoms with van der Waals surface area (Å²) in [6.45, 7) is 0. The number of anilines is 2. The molecular formula is C21H13N5O2. The third-order valence-corrected chi connectivity index (χ3v) is 3.87. The van der Waals surface area contributed by atoms with Crippen molar-refractivity contribution in [3.05, 3.63) is 89.2 Å². The second kappa shape index (κ2) is 8.26. The van der Waals surface area contributed by atoms with Crippen LogP contribution in [0.3, 0.4) is 0 Å². The van der Waals surface area contributed by atoms with Crippen molar-refractivity contribution in [1.29, 1.82) is 10.5 Å². The Kier molecular flexibility index (Phi) is 5.40. The van der Waals surface area contributed by atoms with Crippen molar-refractivity contribution >= 4 is 23.2 Å². The van der Waals surface area contributed by atoms with Crippen LogP contribution in [-0.4, -0.2) is 16.8 Å². The molecule has 0 atom stereocenters. The summed E-state index contributed by atoms with van der Waals surface area (Å²) < 4.78 is 0. The Morgan fingerprint density at radius 1 is 0.714 bits per heavy atom. The average Bonchev–Trinajstić information content (AvgIpc) is 2.75. The van der Waals surface area contributed by atoms with Crippen molar-refractivity contribution < 1.29 is 9.59 Å². The van der Waals surface area contributed by atoms with E-state index in [4.69, 9.17) is 10.5 Å². The van der Waals surface area contributed by atoms with Crippen LogP contribution in [0.4, 0.5) is 11.4 Å². The number of nitriles is 2. The first-order chi connectivity index (χ1) is 13.6. The van der Waals surface area contributed by atoms with Gasteiger partial charge in [-0.25, -0.2) is 0 Å². The fourth-order valence-corrected chi connectivity index (χ4v) is 2.38. The lowest BCUT2D eigenvalue weighted by atomic mass is 10.1. The Hall–Kier alpha value is -4.49. The number of carbonyl (C=O) groups excluding carboxylic acids is 2. The molecule has 0 spiro atoms. The van der Waals surface area contributed by atoms with Gasteiger partial charge in [-0.2, -0.15) is 10.5 Å². The summed E-state index contributed by atoms with van der Waals surface area (Å²) >= 11 is 0. The summed E-state index contributed by atoms with van der Waals surface area (Å²) in [6.07, 6.45) is 2.92. The van der Waals surface area contributed by atoms with E-state index in [1.54, 1.807) is 54.6 Å². The normalized spacial score (nSPS) is 9.64. The van der Waals surface area contributed by atoms with Crippen LogP contribution in [0.25, 0.3) is 0 Å². The SMILES string of the molecule is N#Cc1ccc(C(=O)Nc2ccncc2NC(=O)c2ccc(C#N)cc2)cc1. The minimum atomic E-state index is -0.397. The minimum Gasteiger partial charge on any atom is -0.320 e. The highest BCUT2D eigenvalue weighted by Gasteiger charge is 2.13. The molecular weight excluding hydrogens is 354 g/mol. The van der Waals surface area contributed by atoms with Crippen LogP contribution in [0.2, 0.25) is 0 Å². The van der Waals surface area contributed by atoms with Gasteiger partial charge >= 0.3 is 0 Å². The number of nitrogens with zero attached hydrogens (tertiary/aromatic N) is 3. The maximum Gasteiger partial charge on any atom is 0.255 e. The smallest absolute Gasteiger partial charge is 0.255 e. The molecule has 134 valence electrons. The zero-order valence-electron chi connectivity index (χ0n) is 14.5. The van der Waals surface area contributed by atoms with Gasteiger partial charge in [0.2, 0.25) is 0 Å². The molecule has 2 amide bonds. The number of pyridine rings is 1. The molecule has 0 aliphatic rings. The molecule has 0 aliphatic heterocycles. The first-order valence-electron chi connectivity index (χ1n) is 8.18. The topological polar surface area (TPSA) is 119 Å². The fourth-order valence-electron chi connectivity index (χ4n) is 2.38. The van der Waals surface area contributed by atoms with Crippen LogP contribution in [0.15, 0.2) is 67.0 Å². The van der Waals surface area contributed by atoms with E-state index in [1.807, 2.05) is 12.1 Å². The molecule has 0 fully saturated rings. The number of nitrogens with one attached hydrogen (secondary N) is 2. The van der Waals surface area contributed by atoms with Crippen molar-refractivity contribution in [3.63, 3.8) is 0 Å². The number of hydrogen-bond acceptors (Lipinski definition) is 5. The average molecular weight is 367 g/mol. The number of rotatable bonds is 4. The van der Waals surface area contributed by atoms with E-state index in [0.29, 0.717) is 33.6 Å². The van der Waals surface area contributed by atoms with Crippen LogP contribution in [0.1, 0.15) is 31.8 Å². The van der Waals surface area contributed by atoms with Crippen LogP contribution in [0, 0.1) is 22.7 Å². The van der Waals surface area contributed by atoms with Crippen molar-refractivity contribution in [2.75, 3.05) is 10.6 Å². The van der Waals surface area contributed by atoms with Gasteiger partial charge in [0.05, 0.1) is 40.8 Å². The lowest BCUT2D eigenvalue weighted by Gasteiger charge is -2.12. The molecule has 1 heterocycles. The highest BCUT2D eigenvalue weighted by molar-refractivity contribution is 6.09. The Morgan fingerprint density at radius 3 is 1.64 bits per heavy atom.